The monoisotopic (exact) mass is 440 g/mol. The summed E-state index contributed by atoms with van der Waals surface area (Å²) in [6, 6.07) is 7.73. The SMILES string of the molecule is CC1CC(=O)Nc2ccccc2N1C(=O)CSc1nnc(N2CCCCC2)n1C1CC1. The Kier molecular flexibility index (Phi) is 5.60. The Balaban J connectivity index is 1.35. The molecule has 2 aliphatic heterocycles. The Morgan fingerprint density at radius 1 is 1.16 bits per heavy atom. The maximum atomic E-state index is 13.3. The van der Waals surface area contributed by atoms with Crippen molar-refractivity contribution in [2.75, 3.05) is 34.0 Å². The largest absolute Gasteiger partial charge is 0.341 e. The van der Waals surface area contributed by atoms with Gasteiger partial charge in [-0.2, -0.15) is 0 Å². The maximum Gasteiger partial charge on any atom is 0.237 e. The zero-order chi connectivity index (χ0) is 21.4. The van der Waals surface area contributed by atoms with Crippen molar-refractivity contribution in [3.8, 4) is 0 Å². The lowest BCUT2D eigenvalue weighted by Gasteiger charge is -2.28. The number of fused-ring (bicyclic) bond motifs is 1. The van der Waals surface area contributed by atoms with Crippen LogP contribution in [0.3, 0.4) is 0 Å². The first-order valence-electron chi connectivity index (χ1n) is 11.2. The van der Waals surface area contributed by atoms with Crippen LogP contribution >= 0.6 is 11.8 Å². The minimum absolute atomic E-state index is 0.0219. The summed E-state index contributed by atoms with van der Waals surface area (Å²) in [5.74, 6) is 1.13. The number of hydrogen-bond donors (Lipinski definition) is 1. The first kappa shape index (κ1) is 20.4. The lowest BCUT2D eigenvalue weighted by Crippen LogP contribution is -2.40. The topological polar surface area (TPSA) is 83.4 Å². The lowest BCUT2D eigenvalue weighted by atomic mass is 10.1. The second-order valence-corrected chi connectivity index (χ2v) is 9.54. The molecule has 1 saturated heterocycles. The molecule has 1 aliphatic carbocycles. The van der Waals surface area contributed by atoms with Gasteiger partial charge >= 0.3 is 0 Å². The number of carbonyl (C=O) groups excluding carboxylic acids is 2. The summed E-state index contributed by atoms with van der Waals surface area (Å²) >= 11 is 1.45. The van der Waals surface area contributed by atoms with Crippen LogP contribution in [0, 0.1) is 0 Å². The van der Waals surface area contributed by atoms with Crippen LogP contribution < -0.4 is 15.1 Å². The third-order valence-electron chi connectivity index (χ3n) is 6.15. The Labute approximate surface area is 186 Å². The summed E-state index contributed by atoms with van der Waals surface area (Å²) in [5.41, 5.74) is 1.44. The van der Waals surface area contributed by atoms with Crippen molar-refractivity contribution in [2.24, 2.45) is 0 Å². The van der Waals surface area contributed by atoms with Gasteiger partial charge in [0.1, 0.15) is 0 Å². The van der Waals surface area contributed by atoms with Crippen molar-refractivity contribution in [3.63, 3.8) is 0 Å². The van der Waals surface area contributed by atoms with Gasteiger partial charge in [0.05, 0.1) is 17.1 Å². The third kappa shape index (κ3) is 4.15. The highest BCUT2D eigenvalue weighted by Crippen LogP contribution is 2.41. The Hall–Kier alpha value is -2.55. The molecule has 1 unspecified atom stereocenters. The van der Waals surface area contributed by atoms with Crippen LogP contribution in [-0.2, 0) is 9.59 Å². The zero-order valence-corrected chi connectivity index (χ0v) is 18.6. The number of carbonyl (C=O) groups is 2. The molecular weight excluding hydrogens is 412 g/mol. The Morgan fingerprint density at radius 2 is 1.94 bits per heavy atom. The molecule has 8 nitrogen and oxygen atoms in total. The molecule has 0 bridgehead atoms. The normalized spacial score (nSPS) is 21.5. The molecule has 3 aliphatic rings. The predicted octanol–water partition coefficient (Wildman–Crippen LogP) is 3.46. The lowest BCUT2D eigenvalue weighted by molar-refractivity contribution is -0.117. The van der Waals surface area contributed by atoms with E-state index in [-0.39, 0.29) is 30.0 Å². The maximum absolute atomic E-state index is 13.3. The quantitative estimate of drug-likeness (QED) is 0.717. The minimum atomic E-state index is -0.207. The fourth-order valence-electron chi connectivity index (χ4n) is 4.49. The van der Waals surface area contributed by atoms with Crippen molar-refractivity contribution in [2.45, 2.75) is 62.7 Å². The molecule has 1 aromatic carbocycles. The molecule has 0 spiro atoms. The summed E-state index contributed by atoms with van der Waals surface area (Å²) in [4.78, 5) is 29.6. The number of thioether (sulfide) groups is 1. The number of rotatable bonds is 5. The number of nitrogens with zero attached hydrogens (tertiary/aromatic N) is 5. The predicted molar refractivity (Wildman–Crippen MR) is 122 cm³/mol. The second kappa shape index (κ2) is 8.53. The summed E-state index contributed by atoms with van der Waals surface area (Å²) in [5, 5.41) is 12.7. The average Bonchev–Trinajstić information content (AvgIpc) is 3.54. The summed E-state index contributed by atoms with van der Waals surface area (Å²) in [6.45, 7) is 3.97. The first-order valence-corrected chi connectivity index (χ1v) is 12.1. The number of anilines is 3. The van der Waals surface area contributed by atoms with Crippen LogP contribution in [0.2, 0.25) is 0 Å². The van der Waals surface area contributed by atoms with Crippen LogP contribution in [0.25, 0.3) is 0 Å². The molecule has 31 heavy (non-hydrogen) atoms. The van der Waals surface area contributed by atoms with Gasteiger partial charge in [0.2, 0.25) is 17.8 Å². The van der Waals surface area contributed by atoms with E-state index in [0.717, 1.165) is 42.7 Å². The van der Waals surface area contributed by atoms with Crippen LogP contribution in [0.15, 0.2) is 29.4 Å². The highest BCUT2D eigenvalue weighted by molar-refractivity contribution is 7.99. The van der Waals surface area contributed by atoms with E-state index in [4.69, 9.17) is 0 Å². The number of aromatic nitrogens is 3. The molecule has 5 rings (SSSR count). The van der Waals surface area contributed by atoms with Gasteiger partial charge in [0.25, 0.3) is 0 Å². The molecule has 1 N–H and O–H groups in total. The number of amides is 2. The number of para-hydroxylation sites is 2. The number of benzene rings is 1. The van der Waals surface area contributed by atoms with E-state index in [1.54, 1.807) is 4.90 Å². The van der Waals surface area contributed by atoms with Crippen LogP contribution in [-0.4, -0.2) is 51.5 Å². The van der Waals surface area contributed by atoms with E-state index in [1.165, 1.54) is 31.0 Å². The van der Waals surface area contributed by atoms with Gasteiger partial charge in [-0.15, -0.1) is 10.2 Å². The third-order valence-corrected chi connectivity index (χ3v) is 7.08. The van der Waals surface area contributed by atoms with Crippen molar-refractivity contribution < 1.29 is 9.59 Å². The molecule has 1 aromatic heterocycles. The number of hydrogen-bond acceptors (Lipinski definition) is 6. The van der Waals surface area contributed by atoms with Crippen molar-refractivity contribution in [3.05, 3.63) is 24.3 Å². The first-order chi connectivity index (χ1) is 15.1. The summed E-state index contributed by atoms with van der Waals surface area (Å²) in [7, 11) is 0. The number of nitrogens with one attached hydrogen (secondary N) is 1. The molecular formula is C22H28N6O2S. The van der Waals surface area contributed by atoms with Gasteiger partial charge in [0, 0.05) is 31.6 Å². The average molecular weight is 441 g/mol. The van der Waals surface area contributed by atoms with E-state index in [2.05, 4.69) is 25.0 Å². The fraction of sp³-hybridized carbons (Fsp3) is 0.545. The molecule has 2 fully saturated rings. The Bertz CT molecular complexity index is 982. The molecule has 164 valence electrons. The molecule has 3 heterocycles. The van der Waals surface area contributed by atoms with Crippen LogP contribution in [0.1, 0.15) is 51.5 Å². The molecule has 0 radical (unpaired) electrons. The highest BCUT2D eigenvalue weighted by atomic mass is 32.2. The van der Waals surface area contributed by atoms with E-state index >= 15 is 0 Å². The van der Waals surface area contributed by atoms with Gasteiger partial charge in [-0.1, -0.05) is 23.9 Å². The smallest absolute Gasteiger partial charge is 0.237 e. The van der Waals surface area contributed by atoms with Gasteiger partial charge in [-0.05, 0) is 51.2 Å². The second-order valence-electron chi connectivity index (χ2n) is 8.60. The van der Waals surface area contributed by atoms with E-state index in [9.17, 15) is 9.59 Å². The van der Waals surface area contributed by atoms with Crippen molar-refractivity contribution in [1.29, 1.82) is 0 Å². The molecule has 1 saturated carbocycles. The minimum Gasteiger partial charge on any atom is -0.341 e. The Morgan fingerprint density at radius 3 is 2.71 bits per heavy atom. The van der Waals surface area contributed by atoms with E-state index in [0.29, 0.717) is 11.7 Å². The van der Waals surface area contributed by atoms with E-state index in [1.807, 2.05) is 31.2 Å². The standard InChI is InChI=1S/C22H28N6O2S/c1-15-13-19(29)23-17-7-3-4-8-18(17)27(15)20(30)14-31-22-25-24-21(28(22)16-9-10-16)26-11-5-2-6-12-26/h3-4,7-8,15-16H,2,5-6,9-14H2,1H3,(H,23,29). The van der Waals surface area contributed by atoms with Crippen molar-refractivity contribution in [1.82, 2.24) is 14.8 Å². The summed E-state index contributed by atoms with van der Waals surface area (Å²) < 4.78 is 2.24. The van der Waals surface area contributed by atoms with Gasteiger partial charge in [-0.3, -0.25) is 14.2 Å². The number of piperidine rings is 1. The molecule has 2 amide bonds. The van der Waals surface area contributed by atoms with Crippen LogP contribution in [0.4, 0.5) is 17.3 Å². The molecule has 9 heteroatoms. The highest BCUT2D eigenvalue weighted by Gasteiger charge is 2.33. The van der Waals surface area contributed by atoms with Crippen LogP contribution in [0.5, 0.6) is 0 Å². The molecule has 1 atom stereocenters. The fourth-order valence-corrected chi connectivity index (χ4v) is 5.35. The van der Waals surface area contributed by atoms with Gasteiger partial charge in [-0.25, -0.2) is 0 Å². The van der Waals surface area contributed by atoms with E-state index < -0.39 is 0 Å². The van der Waals surface area contributed by atoms with Crippen molar-refractivity contribution >= 4 is 40.9 Å². The summed E-state index contributed by atoms with van der Waals surface area (Å²) in [6.07, 6.45) is 6.23. The van der Waals surface area contributed by atoms with Gasteiger partial charge in [0.15, 0.2) is 5.16 Å². The zero-order valence-electron chi connectivity index (χ0n) is 17.8. The van der Waals surface area contributed by atoms with Gasteiger partial charge < -0.3 is 15.1 Å². The molecule has 2 aromatic rings.